The fourth-order valence-electron chi connectivity index (χ4n) is 1.13. The van der Waals surface area contributed by atoms with Gasteiger partial charge in [-0.3, -0.25) is 0 Å². The Balaban J connectivity index is 0.00000196. The van der Waals surface area contributed by atoms with Gasteiger partial charge in [0.2, 0.25) is 0 Å². The minimum Gasteiger partial charge on any atom is -0.467 e. The summed E-state index contributed by atoms with van der Waals surface area (Å²) in [6.07, 6.45) is 0. The van der Waals surface area contributed by atoms with Crippen molar-refractivity contribution in [2.75, 3.05) is 7.11 Å². The molecule has 0 heterocycles. The van der Waals surface area contributed by atoms with E-state index in [2.05, 4.69) is 20.7 Å². The first kappa shape index (κ1) is 14.4. The molecule has 0 fully saturated rings. The largest absolute Gasteiger partial charge is 0.467 e. The van der Waals surface area contributed by atoms with E-state index in [1.807, 2.05) is 12.1 Å². The lowest BCUT2D eigenvalue weighted by Crippen LogP contribution is -2.42. The van der Waals surface area contributed by atoms with Gasteiger partial charge in [-0.25, -0.2) is 4.79 Å². The lowest BCUT2D eigenvalue weighted by atomic mass is 9.93. The highest BCUT2D eigenvalue weighted by molar-refractivity contribution is 9.10. The van der Waals surface area contributed by atoms with E-state index in [1.165, 1.54) is 7.11 Å². The summed E-state index contributed by atoms with van der Waals surface area (Å²) in [5.74, 6) is -0.445. The van der Waals surface area contributed by atoms with Crippen LogP contribution in [-0.4, -0.2) is 13.1 Å². The number of carbonyl (C=O) groups excluding carboxylic acids is 1. The van der Waals surface area contributed by atoms with Gasteiger partial charge in [0.05, 0.1) is 7.11 Å². The maximum Gasteiger partial charge on any atom is 0.330 e. The van der Waals surface area contributed by atoms with Gasteiger partial charge in [0.25, 0.3) is 0 Å². The predicted octanol–water partition coefficient (Wildman–Crippen LogP) is 2.22. The maximum absolute atomic E-state index is 11.4. The van der Waals surface area contributed by atoms with Crippen LogP contribution >= 0.6 is 28.3 Å². The SMILES string of the molecule is COC(=O)[C@](C)(N)c1ccc(Br)cc1.Cl. The normalized spacial score (nSPS) is 13.6. The van der Waals surface area contributed by atoms with Crippen LogP contribution in [0, 0.1) is 0 Å². The lowest BCUT2D eigenvalue weighted by Gasteiger charge is -2.21. The molecule has 0 aliphatic carbocycles. The van der Waals surface area contributed by atoms with Gasteiger partial charge in [-0.2, -0.15) is 0 Å². The van der Waals surface area contributed by atoms with Crippen LogP contribution in [0.15, 0.2) is 28.7 Å². The van der Waals surface area contributed by atoms with Gasteiger partial charge in [0, 0.05) is 4.47 Å². The van der Waals surface area contributed by atoms with Gasteiger partial charge in [0.1, 0.15) is 5.54 Å². The molecule has 1 atom stereocenters. The summed E-state index contributed by atoms with van der Waals surface area (Å²) in [6, 6.07) is 7.26. The molecule has 0 aliphatic heterocycles. The molecule has 0 aliphatic rings. The summed E-state index contributed by atoms with van der Waals surface area (Å²) in [5.41, 5.74) is 5.49. The third-order valence-electron chi connectivity index (χ3n) is 2.05. The molecule has 1 aromatic rings. The molecule has 0 radical (unpaired) electrons. The Morgan fingerprint density at radius 2 is 1.87 bits per heavy atom. The second-order valence-corrected chi connectivity index (χ2v) is 4.12. The zero-order chi connectivity index (χ0) is 10.8. The Bertz CT molecular complexity index is 338. The van der Waals surface area contributed by atoms with E-state index in [9.17, 15) is 4.79 Å². The van der Waals surface area contributed by atoms with Crippen LogP contribution in [0.5, 0.6) is 0 Å². The van der Waals surface area contributed by atoms with Gasteiger partial charge in [0.15, 0.2) is 0 Å². The summed E-state index contributed by atoms with van der Waals surface area (Å²) in [5, 5.41) is 0. The first-order chi connectivity index (χ1) is 6.48. The highest BCUT2D eigenvalue weighted by atomic mass is 79.9. The van der Waals surface area contributed by atoms with E-state index >= 15 is 0 Å². The Morgan fingerprint density at radius 1 is 1.40 bits per heavy atom. The molecule has 5 heteroatoms. The molecule has 15 heavy (non-hydrogen) atoms. The molecule has 84 valence electrons. The van der Waals surface area contributed by atoms with Gasteiger partial charge >= 0.3 is 5.97 Å². The Kier molecular flexibility index (Phi) is 5.28. The van der Waals surface area contributed by atoms with Crippen LogP contribution in [0.25, 0.3) is 0 Å². The highest BCUT2D eigenvalue weighted by Crippen LogP contribution is 2.21. The molecule has 0 bridgehead atoms. The molecular weight excluding hydrogens is 281 g/mol. The summed E-state index contributed by atoms with van der Waals surface area (Å²) >= 11 is 3.31. The summed E-state index contributed by atoms with van der Waals surface area (Å²) in [7, 11) is 1.33. The van der Waals surface area contributed by atoms with Crippen molar-refractivity contribution in [2.45, 2.75) is 12.5 Å². The van der Waals surface area contributed by atoms with E-state index in [0.29, 0.717) is 0 Å². The zero-order valence-corrected chi connectivity index (χ0v) is 10.9. The number of benzene rings is 1. The van der Waals surface area contributed by atoms with E-state index in [4.69, 9.17) is 5.73 Å². The molecule has 0 amide bonds. The molecule has 1 rings (SSSR count). The van der Waals surface area contributed by atoms with E-state index in [0.717, 1.165) is 10.0 Å². The van der Waals surface area contributed by atoms with Crippen LogP contribution in [0.2, 0.25) is 0 Å². The minimum atomic E-state index is -1.09. The molecule has 0 saturated heterocycles. The van der Waals surface area contributed by atoms with E-state index < -0.39 is 11.5 Å². The molecule has 1 aromatic carbocycles. The fourth-order valence-corrected chi connectivity index (χ4v) is 1.39. The standard InChI is InChI=1S/C10H12BrNO2.ClH/c1-10(12,9(13)14-2)7-3-5-8(11)6-4-7;/h3-6H,12H2,1-2H3;1H/t10-;/m1./s1. The molecule has 2 N–H and O–H groups in total. The van der Waals surface area contributed by atoms with Crippen LogP contribution in [0.3, 0.4) is 0 Å². The molecule has 0 aromatic heterocycles. The second kappa shape index (κ2) is 5.49. The number of hydrogen-bond acceptors (Lipinski definition) is 3. The number of carbonyl (C=O) groups is 1. The Morgan fingerprint density at radius 3 is 2.27 bits per heavy atom. The van der Waals surface area contributed by atoms with Crippen molar-refractivity contribution in [1.29, 1.82) is 0 Å². The van der Waals surface area contributed by atoms with Crippen molar-refractivity contribution in [3.63, 3.8) is 0 Å². The van der Waals surface area contributed by atoms with Crippen LogP contribution in [-0.2, 0) is 15.1 Å². The first-order valence-electron chi connectivity index (χ1n) is 4.12. The number of esters is 1. The van der Waals surface area contributed by atoms with Crippen molar-refractivity contribution >= 4 is 34.3 Å². The second-order valence-electron chi connectivity index (χ2n) is 3.20. The van der Waals surface area contributed by atoms with Crippen molar-refractivity contribution < 1.29 is 9.53 Å². The molecular formula is C10H13BrClNO2. The minimum absolute atomic E-state index is 0. The Labute approximate surface area is 104 Å². The topological polar surface area (TPSA) is 52.3 Å². The first-order valence-corrected chi connectivity index (χ1v) is 4.91. The molecule has 3 nitrogen and oxygen atoms in total. The molecule has 0 spiro atoms. The molecule has 0 saturated carbocycles. The summed E-state index contributed by atoms with van der Waals surface area (Å²) < 4.78 is 5.57. The predicted molar refractivity (Wildman–Crippen MR) is 64.9 cm³/mol. The summed E-state index contributed by atoms with van der Waals surface area (Å²) in [6.45, 7) is 1.63. The van der Waals surface area contributed by atoms with Crippen molar-refractivity contribution in [2.24, 2.45) is 5.73 Å². The molecule has 0 unspecified atom stereocenters. The third-order valence-corrected chi connectivity index (χ3v) is 2.58. The third kappa shape index (κ3) is 3.19. The van der Waals surface area contributed by atoms with Crippen LogP contribution in [0.4, 0.5) is 0 Å². The van der Waals surface area contributed by atoms with E-state index in [-0.39, 0.29) is 12.4 Å². The maximum atomic E-state index is 11.4. The van der Waals surface area contributed by atoms with Gasteiger partial charge < -0.3 is 10.5 Å². The lowest BCUT2D eigenvalue weighted by molar-refractivity contribution is -0.146. The Hall–Kier alpha value is -0.580. The van der Waals surface area contributed by atoms with Gasteiger partial charge in [-0.05, 0) is 24.6 Å². The van der Waals surface area contributed by atoms with Crippen molar-refractivity contribution in [3.8, 4) is 0 Å². The monoisotopic (exact) mass is 293 g/mol. The average molecular weight is 295 g/mol. The highest BCUT2D eigenvalue weighted by Gasteiger charge is 2.31. The van der Waals surface area contributed by atoms with E-state index in [1.54, 1.807) is 19.1 Å². The van der Waals surface area contributed by atoms with Gasteiger partial charge in [-0.1, -0.05) is 28.1 Å². The van der Waals surface area contributed by atoms with Crippen LogP contribution in [0.1, 0.15) is 12.5 Å². The number of halogens is 2. The number of ether oxygens (including phenoxy) is 1. The fraction of sp³-hybridized carbons (Fsp3) is 0.300. The number of nitrogens with two attached hydrogens (primary N) is 1. The van der Waals surface area contributed by atoms with Crippen LogP contribution < -0.4 is 5.73 Å². The smallest absolute Gasteiger partial charge is 0.330 e. The number of hydrogen-bond donors (Lipinski definition) is 1. The number of methoxy groups -OCH3 is 1. The quantitative estimate of drug-likeness (QED) is 0.851. The number of rotatable bonds is 2. The average Bonchev–Trinajstić information content (AvgIpc) is 2.17. The van der Waals surface area contributed by atoms with Crippen molar-refractivity contribution in [1.82, 2.24) is 0 Å². The van der Waals surface area contributed by atoms with Crippen molar-refractivity contribution in [3.05, 3.63) is 34.3 Å². The van der Waals surface area contributed by atoms with Gasteiger partial charge in [-0.15, -0.1) is 12.4 Å². The zero-order valence-electron chi connectivity index (χ0n) is 8.49. The summed E-state index contributed by atoms with van der Waals surface area (Å²) in [4.78, 5) is 11.4.